The topological polar surface area (TPSA) is 88.5 Å². The normalized spacial score (nSPS) is 12.0. The standard InChI is InChI=1S/C17H27N5O2/c1-6-14-13(16(7-2)24-21-14)10-20-17(18-5)19-9-12-8-15(11(3)4)22-23-12/h8,11H,6-7,9-10H2,1-5H3,(H2,18,19,20). The zero-order chi connectivity index (χ0) is 17.5. The van der Waals surface area contributed by atoms with Gasteiger partial charge >= 0.3 is 0 Å². The van der Waals surface area contributed by atoms with Crippen LogP contribution in [-0.4, -0.2) is 23.3 Å². The summed E-state index contributed by atoms with van der Waals surface area (Å²) >= 11 is 0. The molecule has 2 N–H and O–H groups in total. The van der Waals surface area contributed by atoms with Gasteiger partial charge in [0.1, 0.15) is 5.76 Å². The van der Waals surface area contributed by atoms with Crippen LogP contribution in [0, 0.1) is 0 Å². The first-order valence-electron chi connectivity index (χ1n) is 8.45. The molecule has 2 aromatic heterocycles. The molecule has 0 aliphatic carbocycles. The molecule has 7 heteroatoms. The molecule has 0 fully saturated rings. The number of aryl methyl sites for hydroxylation is 2. The van der Waals surface area contributed by atoms with Crippen LogP contribution in [-0.2, 0) is 25.9 Å². The van der Waals surface area contributed by atoms with E-state index >= 15 is 0 Å². The zero-order valence-electron chi connectivity index (χ0n) is 15.1. The van der Waals surface area contributed by atoms with Gasteiger partial charge < -0.3 is 19.7 Å². The van der Waals surface area contributed by atoms with Crippen molar-refractivity contribution in [1.29, 1.82) is 0 Å². The lowest BCUT2D eigenvalue weighted by Gasteiger charge is -2.11. The minimum Gasteiger partial charge on any atom is -0.361 e. The van der Waals surface area contributed by atoms with Crippen LogP contribution in [0.25, 0.3) is 0 Å². The summed E-state index contributed by atoms with van der Waals surface area (Å²) in [6.45, 7) is 9.47. The lowest BCUT2D eigenvalue weighted by molar-refractivity contribution is 0.372. The number of rotatable bonds is 7. The van der Waals surface area contributed by atoms with E-state index < -0.39 is 0 Å². The van der Waals surface area contributed by atoms with Crippen molar-refractivity contribution in [3.63, 3.8) is 0 Å². The Hall–Kier alpha value is -2.31. The van der Waals surface area contributed by atoms with E-state index in [-0.39, 0.29) is 0 Å². The van der Waals surface area contributed by atoms with Crippen molar-refractivity contribution in [3.05, 3.63) is 34.5 Å². The van der Waals surface area contributed by atoms with Crippen molar-refractivity contribution in [1.82, 2.24) is 20.9 Å². The molecular weight excluding hydrogens is 306 g/mol. The second kappa shape index (κ2) is 8.52. The fourth-order valence-electron chi connectivity index (χ4n) is 2.39. The van der Waals surface area contributed by atoms with E-state index in [9.17, 15) is 0 Å². The number of aliphatic imine (C=N–C) groups is 1. The number of aromatic nitrogens is 2. The van der Waals surface area contributed by atoms with Crippen molar-refractivity contribution in [2.45, 2.75) is 59.5 Å². The molecule has 0 saturated carbocycles. The Morgan fingerprint density at radius 2 is 1.88 bits per heavy atom. The van der Waals surface area contributed by atoms with Gasteiger partial charge in [0, 0.05) is 31.6 Å². The summed E-state index contributed by atoms with van der Waals surface area (Å²) in [5, 5.41) is 14.7. The Labute approximate surface area is 142 Å². The molecule has 0 bridgehead atoms. The summed E-state index contributed by atoms with van der Waals surface area (Å²) in [6.07, 6.45) is 1.68. The number of hydrogen-bond donors (Lipinski definition) is 2. The molecule has 2 rings (SSSR count). The van der Waals surface area contributed by atoms with Crippen LogP contribution in [0.15, 0.2) is 20.1 Å². The van der Waals surface area contributed by atoms with Gasteiger partial charge in [0.2, 0.25) is 0 Å². The molecule has 0 saturated heterocycles. The first-order chi connectivity index (χ1) is 11.6. The van der Waals surface area contributed by atoms with E-state index in [2.05, 4.69) is 53.6 Å². The van der Waals surface area contributed by atoms with Gasteiger partial charge in [-0.3, -0.25) is 4.99 Å². The van der Waals surface area contributed by atoms with Crippen molar-refractivity contribution >= 4 is 5.96 Å². The first-order valence-corrected chi connectivity index (χ1v) is 8.45. The van der Waals surface area contributed by atoms with Gasteiger partial charge in [-0.25, -0.2) is 0 Å². The minimum atomic E-state index is 0.355. The van der Waals surface area contributed by atoms with Crippen molar-refractivity contribution in [2.75, 3.05) is 7.05 Å². The Balaban J connectivity index is 1.92. The smallest absolute Gasteiger partial charge is 0.191 e. The molecule has 0 amide bonds. The maximum atomic E-state index is 5.38. The Kier molecular flexibility index (Phi) is 6.40. The number of nitrogens with one attached hydrogen (secondary N) is 2. The highest BCUT2D eigenvalue weighted by molar-refractivity contribution is 5.79. The first kappa shape index (κ1) is 18.0. The van der Waals surface area contributed by atoms with Gasteiger partial charge in [0.05, 0.1) is 17.9 Å². The van der Waals surface area contributed by atoms with Gasteiger partial charge in [-0.1, -0.05) is 38.0 Å². The third kappa shape index (κ3) is 4.37. The highest BCUT2D eigenvalue weighted by Crippen LogP contribution is 2.16. The SMILES string of the molecule is CCc1noc(CC)c1CNC(=NC)NCc1cc(C(C)C)no1. The maximum absolute atomic E-state index is 5.38. The van der Waals surface area contributed by atoms with Gasteiger partial charge in [0.25, 0.3) is 0 Å². The third-order valence-electron chi connectivity index (χ3n) is 3.86. The second-order valence-electron chi connectivity index (χ2n) is 5.89. The Morgan fingerprint density at radius 1 is 1.12 bits per heavy atom. The zero-order valence-corrected chi connectivity index (χ0v) is 15.1. The van der Waals surface area contributed by atoms with Gasteiger partial charge in [-0.15, -0.1) is 0 Å². The quantitative estimate of drug-likeness (QED) is 0.598. The highest BCUT2D eigenvalue weighted by Gasteiger charge is 2.14. The van der Waals surface area contributed by atoms with Crippen molar-refractivity contribution < 1.29 is 9.05 Å². The lowest BCUT2D eigenvalue weighted by atomic mass is 10.1. The average molecular weight is 333 g/mol. The minimum absolute atomic E-state index is 0.355. The van der Waals surface area contributed by atoms with Crippen LogP contribution in [0.4, 0.5) is 0 Å². The van der Waals surface area contributed by atoms with E-state index in [4.69, 9.17) is 9.05 Å². The van der Waals surface area contributed by atoms with Crippen LogP contribution in [0.1, 0.15) is 62.1 Å². The van der Waals surface area contributed by atoms with E-state index in [1.807, 2.05) is 6.07 Å². The molecule has 132 valence electrons. The molecule has 0 radical (unpaired) electrons. The van der Waals surface area contributed by atoms with Gasteiger partial charge in [-0.2, -0.15) is 0 Å². The maximum Gasteiger partial charge on any atom is 0.191 e. The van der Waals surface area contributed by atoms with Gasteiger partial charge in [0.15, 0.2) is 11.7 Å². The Bertz CT molecular complexity index is 651. The fraction of sp³-hybridized carbons (Fsp3) is 0.588. The van der Waals surface area contributed by atoms with Crippen molar-refractivity contribution in [2.24, 2.45) is 4.99 Å². The number of hydrogen-bond acceptors (Lipinski definition) is 5. The summed E-state index contributed by atoms with van der Waals surface area (Å²) in [7, 11) is 1.74. The summed E-state index contributed by atoms with van der Waals surface area (Å²) in [4.78, 5) is 4.24. The van der Waals surface area contributed by atoms with E-state index in [0.29, 0.717) is 25.0 Å². The fourth-order valence-corrected chi connectivity index (χ4v) is 2.39. The lowest BCUT2D eigenvalue weighted by Crippen LogP contribution is -2.36. The highest BCUT2D eigenvalue weighted by atomic mass is 16.5. The largest absolute Gasteiger partial charge is 0.361 e. The van der Waals surface area contributed by atoms with Crippen LogP contribution in [0.2, 0.25) is 0 Å². The van der Waals surface area contributed by atoms with Gasteiger partial charge in [-0.05, 0) is 12.3 Å². The summed E-state index contributed by atoms with van der Waals surface area (Å²) < 4.78 is 10.7. The predicted molar refractivity (Wildman–Crippen MR) is 92.9 cm³/mol. The summed E-state index contributed by atoms with van der Waals surface area (Å²) in [5.74, 6) is 2.76. The molecule has 24 heavy (non-hydrogen) atoms. The molecule has 0 aromatic carbocycles. The number of nitrogens with zero attached hydrogens (tertiary/aromatic N) is 3. The molecule has 0 unspecified atom stereocenters. The Morgan fingerprint density at radius 3 is 2.46 bits per heavy atom. The third-order valence-corrected chi connectivity index (χ3v) is 3.86. The summed E-state index contributed by atoms with van der Waals surface area (Å²) in [5.41, 5.74) is 3.07. The van der Waals surface area contributed by atoms with Crippen LogP contribution in [0.5, 0.6) is 0 Å². The molecular formula is C17H27N5O2. The molecule has 0 spiro atoms. The van der Waals surface area contributed by atoms with Crippen molar-refractivity contribution in [3.8, 4) is 0 Å². The average Bonchev–Trinajstić information content (AvgIpc) is 3.21. The van der Waals surface area contributed by atoms with Crippen LogP contribution >= 0.6 is 0 Å². The predicted octanol–water partition coefficient (Wildman–Crippen LogP) is 2.78. The van der Waals surface area contributed by atoms with Crippen LogP contribution in [0.3, 0.4) is 0 Å². The number of guanidine groups is 1. The monoisotopic (exact) mass is 333 g/mol. The summed E-state index contributed by atoms with van der Waals surface area (Å²) in [6, 6.07) is 1.97. The molecule has 7 nitrogen and oxygen atoms in total. The van der Waals surface area contributed by atoms with Crippen LogP contribution < -0.4 is 10.6 Å². The van der Waals surface area contributed by atoms with E-state index in [0.717, 1.165) is 41.3 Å². The molecule has 0 aliphatic heterocycles. The second-order valence-corrected chi connectivity index (χ2v) is 5.89. The molecule has 2 aromatic rings. The van der Waals surface area contributed by atoms with E-state index in [1.54, 1.807) is 7.05 Å². The molecule has 2 heterocycles. The molecule has 0 aliphatic rings. The van der Waals surface area contributed by atoms with E-state index in [1.165, 1.54) is 0 Å². The molecule has 0 atom stereocenters.